The zero-order chi connectivity index (χ0) is 43.7. The van der Waals surface area contributed by atoms with Gasteiger partial charge in [-0.1, -0.05) is 20.8 Å². The molecule has 0 radical (unpaired) electrons. The molecule has 4 rings (SSSR count). The van der Waals surface area contributed by atoms with Gasteiger partial charge in [-0.15, -0.1) is 0 Å². The maximum atomic E-state index is 14.8. The maximum absolute atomic E-state index is 14.8. The molecule has 16 atom stereocenters. The molecular weight excluding hydrogens is 767 g/mol. The van der Waals surface area contributed by atoms with Gasteiger partial charge in [-0.25, -0.2) is 0 Å². The van der Waals surface area contributed by atoms with E-state index in [2.05, 4.69) is 38.4 Å². The van der Waals surface area contributed by atoms with Crippen molar-refractivity contribution in [3.8, 4) is 0 Å². The lowest BCUT2D eigenvalue weighted by atomic mass is 9.77. The van der Waals surface area contributed by atoms with Gasteiger partial charge in [0.1, 0.15) is 23.6 Å². The van der Waals surface area contributed by atoms with Crippen LogP contribution < -0.4 is 0 Å². The van der Waals surface area contributed by atoms with Gasteiger partial charge >= 0.3 is 11.9 Å². The van der Waals surface area contributed by atoms with E-state index in [0.29, 0.717) is 19.4 Å². The summed E-state index contributed by atoms with van der Waals surface area (Å²) in [6, 6.07) is 0.0288. The third kappa shape index (κ3) is 10.3. The Labute approximate surface area is 349 Å². The van der Waals surface area contributed by atoms with Crippen LogP contribution in [-0.4, -0.2) is 145 Å². The van der Waals surface area contributed by atoms with Gasteiger partial charge in [-0.3, -0.25) is 9.59 Å². The normalized spacial score (nSPS) is 44.5. The van der Waals surface area contributed by atoms with Crippen LogP contribution in [0.2, 0.25) is 19.6 Å². The van der Waals surface area contributed by atoms with E-state index >= 15 is 0 Å². The average Bonchev–Trinajstić information content (AvgIpc) is 3.40. The molecular formula is C43H77NO13Si. The molecule has 4 aliphatic rings. The molecule has 0 aromatic heterocycles. The summed E-state index contributed by atoms with van der Waals surface area (Å²) in [5.41, 5.74) is -1.96. The summed E-state index contributed by atoms with van der Waals surface area (Å²) in [5.74, 6) is -1.57. The fraction of sp³-hybridized carbons (Fsp3) is 0.907. The molecule has 0 amide bonds. The van der Waals surface area contributed by atoms with Gasteiger partial charge < -0.3 is 56.7 Å². The van der Waals surface area contributed by atoms with Gasteiger partial charge in [0.25, 0.3) is 0 Å². The molecule has 2 unspecified atom stereocenters. The van der Waals surface area contributed by atoms with E-state index in [1.54, 1.807) is 21.3 Å². The first-order valence-corrected chi connectivity index (χ1v) is 24.6. The van der Waals surface area contributed by atoms with E-state index in [1.165, 1.54) is 6.92 Å². The Bertz CT molecular complexity index is 1440. The standard InChI is InChI=1S/C43H77NO13Si/c1-19-31-43(10)37(57-58(16,17)18)25(3)33(56-43)24(2)22-41(8,48-14)36(55-40-35(47-13)30(44(11)12)20-21-50-40)26(4)34(27(5)39(46)53-31)54-32-23-42(9,49-15)38(28(6)51-32)52-29(7)45/h25-28,30-32,34-38,40H,19-23H2,1-18H3/b33-24+/t25-,26-,27+,28-,30-,31+,32?,34-,35+,36+,37+,38-,40-,41+,42+,43?/m0/s1. The first-order valence-electron chi connectivity index (χ1n) is 21.2. The lowest BCUT2D eigenvalue weighted by Crippen LogP contribution is -2.61. The van der Waals surface area contributed by atoms with Crippen LogP contribution in [-0.2, 0) is 61.4 Å². The second-order valence-electron chi connectivity index (χ2n) is 19.0. The molecule has 2 bridgehead atoms. The minimum Gasteiger partial charge on any atom is -0.485 e. The fourth-order valence-electron chi connectivity index (χ4n) is 9.91. The van der Waals surface area contributed by atoms with E-state index < -0.39 is 98.1 Å². The second kappa shape index (κ2) is 19.2. The zero-order valence-electron chi connectivity index (χ0n) is 38.8. The molecule has 14 nitrogen and oxygen atoms in total. The van der Waals surface area contributed by atoms with Crippen LogP contribution in [0.5, 0.6) is 0 Å². The second-order valence-corrected chi connectivity index (χ2v) is 23.4. The number of nitrogens with zero attached hydrogens (tertiary/aromatic N) is 1. The number of rotatable bonds is 12. The van der Waals surface area contributed by atoms with E-state index in [1.807, 2.05) is 62.6 Å². The van der Waals surface area contributed by atoms with Gasteiger partial charge in [0.2, 0.25) is 0 Å². The molecule has 3 saturated heterocycles. The zero-order valence-corrected chi connectivity index (χ0v) is 39.8. The van der Waals surface area contributed by atoms with Crippen molar-refractivity contribution in [1.29, 1.82) is 0 Å². The third-order valence-electron chi connectivity index (χ3n) is 13.1. The monoisotopic (exact) mass is 844 g/mol. The number of hydrogen-bond acceptors (Lipinski definition) is 14. The quantitative estimate of drug-likeness (QED) is 0.162. The molecule has 4 heterocycles. The Balaban J connectivity index is 1.91. The number of fused-ring (bicyclic) bond motifs is 2. The summed E-state index contributed by atoms with van der Waals surface area (Å²) >= 11 is 0. The van der Waals surface area contributed by atoms with Crippen molar-refractivity contribution in [3.05, 3.63) is 11.3 Å². The van der Waals surface area contributed by atoms with Crippen LogP contribution in [0.1, 0.15) is 94.9 Å². The summed E-state index contributed by atoms with van der Waals surface area (Å²) in [6.45, 7) is 26.1. The van der Waals surface area contributed by atoms with E-state index in [0.717, 1.165) is 17.8 Å². The third-order valence-corrected chi connectivity index (χ3v) is 14.0. The number of hydrogen-bond donors (Lipinski definition) is 0. The van der Waals surface area contributed by atoms with Gasteiger partial charge in [-0.05, 0) is 93.7 Å². The first-order chi connectivity index (χ1) is 26.9. The largest absolute Gasteiger partial charge is 0.485 e. The Morgan fingerprint density at radius 2 is 1.55 bits per heavy atom. The molecule has 0 aliphatic carbocycles. The van der Waals surface area contributed by atoms with Crippen molar-refractivity contribution in [3.63, 3.8) is 0 Å². The van der Waals surface area contributed by atoms with Gasteiger partial charge in [-0.2, -0.15) is 0 Å². The maximum Gasteiger partial charge on any atom is 0.311 e. The van der Waals surface area contributed by atoms with Crippen LogP contribution in [0, 0.1) is 17.8 Å². The smallest absolute Gasteiger partial charge is 0.311 e. The summed E-state index contributed by atoms with van der Waals surface area (Å²) in [5, 5.41) is 0. The fourth-order valence-corrected chi connectivity index (χ4v) is 11.1. The van der Waals surface area contributed by atoms with Crippen molar-refractivity contribution >= 4 is 20.3 Å². The summed E-state index contributed by atoms with van der Waals surface area (Å²) in [4.78, 5) is 29.0. The number of methoxy groups -OCH3 is 3. The molecule has 336 valence electrons. The summed E-state index contributed by atoms with van der Waals surface area (Å²) in [6.07, 6.45) is -4.00. The lowest BCUT2D eigenvalue weighted by Gasteiger charge is -2.49. The molecule has 58 heavy (non-hydrogen) atoms. The lowest BCUT2D eigenvalue weighted by molar-refractivity contribution is -0.315. The number of cyclic esters (lactones) is 1. The number of carbonyl (C=O) groups is 2. The molecule has 0 aromatic carbocycles. The minimum atomic E-state index is -2.12. The highest BCUT2D eigenvalue weighted by molar-refractivity contribution is 6.69. The molecule has 3 fully saturated rings. The van der Waals surface area contributed by atoms with Crippen molar-refractivity contribution in [2.75, 3.05) is 42.0 Å². The average molecular weight is 844 g/mol. The molecule has 0 spiro atoms. The molecule has 4 aliphatic heterocycles. The summed E-state index contributed by atoms with van der Waals surface area (Å²) < 4.78 is 71.9. The molecule has 0 N–H and O–H groups in total. The Kier molecular flexibility index (Phi) is 16.2. The van der Waals surface area contributed by atoms with E-state index in [9.17, 15) is 9.59 Å². The number of esters is 2. The SMILES string of the molecule is CC[C@H]1OC(=O)[C@H](C)[C@@H](OC2C[C@@](C)(OC)[C@@H](OC(C)=O)[C@H](C)O2)[C@H](C)[C@@H](O[C@@H]2OCC[C@H](N(C)C)[C@H]2OC)[C@](C)(OC)C/C(C)=C2/OC1(C)[C@H](O[Si](C)(C)C)[C@H]2C. The molecule has 0 aromatic rings. The van der Waals surface area contributed by atoms with Crippen molar-refractivity contribution < 1.29 is 61.4 Å². The highest BCUT2D eigenvalue weighted by Crippen LogP contribution is 2.49. The minimum absolute atomic E-state index is 0.0288. The number of ether oxygens (including phenoxy) is 10. The van der Waals surface area contributed by atoms with Crippen molar-refractivity contribution in [2.24, 2.45) is 17.8 Å². The molecule has 0 saturated carbocycles. The van der Waals surface area contributed by atoms with Crippen LogP contribution in [0.4, 0.5) is 0 Å². The summed E-state index contributed by atoms with van der Waals surface area (Å²) in [7, 11) is 6.87. The van der Waals surface area contributed by atoms with Crippen LogP contribution >= 0.6 is 0 Å². The van der Waals surface area contributed by atoms with Crippen LogP contribution in [0.15, 0.2) is 11.3 Å². The molecule has 15 heteroatoms. The van der Waals surface area contributed by atoms with Gasteiger partial charge in [0.05, 0.1) is 42.5 Å². The van der Waals surface area contributed by atoms with E-state index in [4.69, 9.17) is 51.8 Å². The van der Waals surface area contributed by atoms with Gasteiger partial charge in [0, 0.05) is 59.0 Å². The number of likely N-dealkylation sites (N-methyl/N-ethyl adjacent to an activating group) is 1. The Morgan fingerprint density at radius 3 is 2.09 bits per heavy atom. The Hall–Kier alpha value is -1.66. The predicted molar refractivity (Wildman–Crippen MR) is 220 cm³/mol. The topological polar surface area (TPSA) is 139 Å². The Morgan fingerprint density at radius 1 is 0.914 bits per heavy atom. The van der Waals surface area contributed by atoms with Crippen LogP contribution in [0.3, 0.4) is 0 Å². The first kappa shape index (κ1) is 49.0. The van der Waals surface area contributed by atoms with E-state index in [-0.39, 0.29) is 24.5 Å². The van der Waals surface area contributed by atoms with Crippen molar-refractivity contribution in [1.82, 2.24) is 4.90 Å². The predicted octanol–water partition coefficient (Wildman–Crippen LogP) is 6.24. The van der Waals surface area contributed by atoms with Crippen molar-refractivity contribution in [2.45, 2.75) is 193 Å². The van der Waals surface area contributed by atoms with Gasteiger partial charge in [0.15, 0.2) is 32.6 Å². The highest BCUT2D eigenvalue weighted by atomic mass is 28.4. The highest BCUT2D eigenvalue weighted by Gasteiger charge is 2.59. The van der Waals surface area contributed by atoms with Crippen LogP contribution in [0.25, 0.3) is 0 Å². The number of carbonyl (C=O) groups excluding carboxylic acids is 2.